The van der Waals surface area contributed by atoms with E-state index in [2.05, 4.69) is 50.9 Å². The molecule has 4 rings (SSSR count). The summed E-state index contributed by atoms with van der Waals surface area (Å²) in [6, 6.07) is 11.2. The Morgan fingerprint density at radius 1 is 1.14 bits per heavy atom. The largest absolute Gasteiger partial charge is 0.337 e. The molecule has 0 atom stereocenters. The third-order valence-electron chi connectivity index (χ3n) is 6.09. The summed E-state index contributed by atoms with van der Waals surface area (Å²) >= 11 is 0. The van der Waals surface area contributed by atoms with Gasteiger partial charge in [-0.2, -0.15) is 0 Å². The van der Waals surface area contributed by atoms with E-state index in [0.29, 0.717) is 11.7 Å². The molecule has 3 heterocycles. The first kappa shape index (κ1) is 19.1. The number of aromatic nitrogens is 3. The summed E-state index contributed by atoms with van der Waals surface area (Å²) in [4.78, 5) is 17.2. The fourth-order valence-electron chi connectivity index (χ4n) is 4.28. The molecule has 0 spiro atoms. The second-order valence-electron chi connectivity index (χ2n) is 7.97. The van der Waals surface area contributed by atoms with Gasteiger partial charge in [-0.15, -0.1) is 5.10 Å². The molecule has 2 saturated heterocycles. The normalized spacial score (nSPS) is 19.6. The van der Waals surface area contributed by atoms with Crippen LogP contribution in [-0.4, -0.2) is 70.0 Å². The van der Waals surface area contributed by atoms with Crippen molar-refractivity contribution in [2.45, 2.75) is 44.3 Å². The molecule has 0 saturated carbocycles. The highest BCUT2D eigenvalue weighted by Crippen LogP contribution is 2.20. The lowest BCUT2D eigenvalue weighted by atomic mass is 10.0. The number of hydrogen-bond donors (Lipinski definition) is 1. The number of benzene rings is 1. The molecule has 1 aromatic heterocycles. The van der Waals surface area contributed by atoms with Gasteiger partial charge in [0, 0.05) is 32.7 Å². The first-order valence-corrected chi connectivity index (χ1v) is 10.4. The Balaban J connectivity index is 1.30. The van der Waals surface area contributed by atoms with Gasteiger partial charge in [0.25, 0.3) is 5.91 Å². The van der Waals surface area contributed by atoms with E-state index in [1.165, 1.54) is 5.56 Å². The molecule has 150 valence electrons. The van der Waals surface area contributed by atoms with E-state index in [1.807, 2.05) is 22.8 Å². The van der Waals surface area contributed by atoms with Gasteiger partial charge in [-0.25, -0.2) is 4.68 Å². The molecule has 7 heteroatoms. The zero-order valence-electron chi connectivity index (χ0n) is 16.6. The topological polar surface area (TPSA) is 66.3 Å². The van der Waals surface area contributed by atoms with Crippen LogP contribution < -0.4 is 5.32 Å². The highest BCUT2D eigenvalue weighted by molar-refractivity contribution is 5.92. The number of hydrogen-bond acceptors (Lipinski definition) is 5. The maximum Gasteiger partial charge on any atom is 0.276 e. The summed E-state index contributed by atoms with van der Waals surface area (Å²) in [6.07, 6.45) is 5.90. The number of rotatable bonds is 5. The van der Waals surface area contributed by atoms with Crippen LogP contribution >= 0.6 is 0 Å². The van der Waals surface area contributed by atoms with Crippen molar-refractivity contribution in [2.24, 2.45) is 0 Å². The van der Waals surface area contributed by atoms with Gasteiger partial charge < -0.3 is 10.2 Å². The highest BCUT2D eigenvalue weighted by Gasteiger charge is 2.28. The summed E-state index contributed by atoms with van der Waals surface area (Å²) in [7, 11) is 1.91. The molecular formula is C21H30N6O. The highest BCUT2D eigenvalue weighted by atomic mass is 16.2. The zero-order chi connectivity index (χ0) is 19.3. The first-order chi connectivity index (χ1) is 13.7. The van der Waals surface area contributed by atoms with Crippen molar-refractivity contribution in [1.29, 1.82) is 0 Å². The number of piperidine rings is 2. The number of carbonyl (C=O) groups is 1. The number of likely N-dealkylation sites (tertiary alicyclic amines) is 1. The average molecular weight is 383 g/mol. The molecule has 1 amide bonds. The first-order valence-electron chi connectivity index (χ1n) is 10.4. The Morgan fingerprint density at radius 2 is 1.86 bits per heavy atom. The van der Waals surface area contributed by atoms with Gasteiger partial charge in [0.05, 0.1) is 12.2 Å². The summed E-state index contributed by atoms with van der Waals surface area (Å²) in [5.41, 5.74) is 1.81. The maximum atomic E-state index is 12.9. The molecule has 2 aliphatic rings. The van der Waals surface area contributed by atoms with Crippen molar-refractivity contribution in [2.75, 3.05) is 33.2 Å². The lowest BCUT2D eigenvalue weighted by Gasteiger charge is -2.36. The number of nitrogens with zero attached hydrogens (tertiary/aromatic N) is 5. The molecule has 2 aromatic rings. The van der Waals surface area contributed by atoms with Crippen LogP contribution in [0.1, 0.15) is 47.8 Å². The zero-order valence-corrected chi connectivity index (χ0v) is 16.6. The van der Waals surface area contributed by atoms with E-state index in [-0.39, 0.29) is 11.9 Å². The molecular weight excluding hydrogens is 352 g/mol. The van der Waals surface area contributed by atoms with E-state index in [0.717, 1.165) is 58.4 Å². The smallest absolute Gasteiger partial charge is 0.276 e. The predicted molar refractivity (Wildman–Crippen MR) is 108 cm³/mol. The Bertz CT molecular complexity index is 762. The van der Waals surface area contributed by atoms with Crippen molar-refractivity contribution >= 4 is 5.91 Å². The molecule has 7 nitrogen and oxygen atoms in total. The average Bonchev–Trinajstić information content (AvgIpc) is 3.25. The molecule has 0 radical (unpaired) electrons. The fourth-order valence-corrected chi connectivity index (χ4v) is 4.28. The third-order valence-corrected chi connectivity index (χ3v) is 6.09. The van der Waals surface area contributed by atoms with E-state index in [9.17, 15) is 4.79 Å². The van der Waals surface area contributed by atoms with Crippen LogP contribution in [0.2, 0.25) is 0 Å². The molecule has 2 aliphatic heterocycles. The van der Waals surface area contributed by atoms with Crippen LogP contribution in [-0.2, 0) is 6.54 Å². The van der Waals surface area contributed by atoms with E-state index in [1.54, 1.807) is 0 Å². The minimum atomic E-state index is -0.0123. The van der Waals surface area contributed by atoms with Gasteiger partial charge in [0.2, 0.25) is 0 Å². The molecule has 1 N–H and O–H groups in total. The second-order valence-corrected chi connectivity index (χ2v) is 7.97. The Labute approximate surface area is 166 Å². The fraction of sp³-hybridized carbons (Fsp3) is 0.571. The standard InChI is InChI=1S/C21H30N6O/c1-25(18-9-13-26(14-10-18)15-17-5-3-2-4-6-17)21(28)20-16-27(24-23-20)19-7-11-22-12-8-19/h2-6,16,18-19,22H,7-15H2,1H3. The third kappa shape index (κ3) is 4.42. The Morgan fingerprint density at radius 3 is 2.57 bits per heavy atom. The monoisotopic (exact) mass is 382 g/mol. The van der Waals surface area contributed by atoms with Crippen LogP contribution in [0.3, 0.4) is 0 Å². The summed E-state index contributed by atoms with van der Waals surface area (Å²) in [5, 5.41) is 11.8. The maximum absolute atomic E-state index is 12.9. The van der Waals surface area contributed by atoms with Gasteiger partial charge in [0.15, 0.2) is 5.69 Å². The van der Waals surface area contributed by atoms with Crippen molar-refractivity contribution in [3.05, 3.63) is 47.8 Å². The Hall–Kier alpha value is -2.25. The summed E-state index contributed by atoms with van der Waals surface area (Å²) < 4.78 is 1.88. The van der Waals surface area contributed by atoms with Crippen molar-refractivity contribution in [3.63, 3.8) is 0 Å². The molecule has 0 aliphatic carbocycles. The van der Waals surface area contributed by atoms with Gasteiger partial charge in [-0.05, 0) is 44.3 Å². The summed E-state index contributed by atoms with van der Waals surface area (Å²) in [6.45, 7) is 5.00. The minimum Gasteiger partial charge on any atom is -0.337 e. The van der Waals surface area contributed by atoms with Crippen molar-refractivity contribution < 1.29 is 4.79 Å². The number of carbonyl (C=O) groups excluding carboxylic acids is 1. The number of nitrogens with one attached hydrogen (secondary N) is 1. The lowest BCUT2D eigenvalue weighted by molar-refractivity contribution is 0.0630. The van der Waals surface area contributed by atoms with Crippen molar-refractivity contribution in [1.82, 2.24) is 30.1 Å². The number of amides is 1. The molecule has 28 heavy (non-hydrogen) atoms. The SMILES string of the molecule is CN(C(=O)c1cn(C2CCNCC2)nn1)C1CCN(Cc2ccccc2)CC1. The van der Waals surface area contributed by atoms with Crippen LogP contribution in [0.25, 0.3) is 0 Å². The van der Waals surface area contributed by atoms with Gasteiger partial charge in [0.1, 0.15) is 0 Å². The van der Waals surface area contributed by atoms with Gasteiger partial charge >= 0.3 is 0 Å². The predicted octanol–water partition coefficient (Wildman–Crippen LogP) is 1.94. The van der Waals surface area contributed by atoms with Crippen LogP contribution in [0, 0.1) is 0 Å². The van der Waals surface area contributed by atoms with Crippen molar-refractivity contribution in [3.8, 4) is 0 Å². The van der Waals surface area contributed by atoms with E-state index in [4.69, 9.17) is 0 Å². The van der Waals surface area contributed by atoms with Crippen LogP contribution in [0.15, 0.2) is 36.5 Å². The summed E-state index contributed by atoms with van der Waals surface area (Å²) in [5.74, 6) is -0.0123. The molecule has 0 unspecified atom stereocenters. The Kier molecular flexibility index (Phi) is 6.02. The van der Waals surface area contributed by atoms with Crippen LogP contribution in [0.5, 0.6) is 0 Å². The second kappa shape index (κ2) is 8.84. The molecule has 0 bridgehead atoms. The van der Waals surface area contributed by atoms with E-state index < -0.39 is 0 Å². The quantitative estimate of drug-likeness (QED) is 0.856. The lowest BCUT2D eigenvalue weighted by Crippen LogP contribution is -2.45. The van der Waals surface area contributed by atoms with Gasteiger partial charge in [-0.3, -0.25) is 9.69 Å². The molecule has 2 fully saturated rings. The van der Waals surface area contributed by atoms with Gasteiger partial charge in [-0.1, -0.05) is 35.5 Å². The van der Waals surface area contributed by atoms with Crippen LogP contribution in [0.4, 0.5) is 0 Å². The molecule has 1 aromatic carbocycles. The van der Waals surface area contributed by atoms with E-state index >= 15 is 0 Å². The minimum absolute atomic E-state index is 0.0123.